The van der Waals surface area contributed by atoms with Crippen LogP contribution < -0.4 is 15.1 Å². The summed E-state index contributed by atoms with van der Waals surface area (Å²) in [5, 5.41) is 1.21. The minimum Gasteiger partial charge on any atom is -0.492 e. The average Bonchev–Trinajstić information content (AvgIpc) is 2.87. The molecule has 0 unspecified atom stereocenters. The van der Waals surface area contributed by atoms with Gasteiger partial charge in [0.2, 0.25) is 0 Å². The third-order valence-electron chi connectivity index (χ3n) is 6.74. The summed E-state index contributed by atoms with van der Waals surface area (Å²) in [7, 11) is 1.33. The second kappa shape index (κ2) is 7.64. The molecule has 3 heterocycles. The van der Waals surface area contributed by atoms with Gasteiger partial charge in [-0.15, -0.1) is 0 Å². The molecule has 3 atom stereocenters. The number of fused-ring (bicyclic) bond motifs is 7. The SMILES string of the molecule is COC(=O)[C@@]12COc3ccccc3[C@@H]1c1c(c3ccccc3oc1=O)O[C@@H]2c1ccc(Cl)cc1. The molecular formula is C27H19ClO6. The summed E-state index contributed by atoms with van der Waals surface area (Å²) in [6, 6.07) is 21.7. The van der Waals surface area contributed by atoms with Crippen LogP contribution in [0.4, 0.5) is 0 Å². The van der Waals surface area contributed by atoms with Crippen molar-refractivity contribution in [1.82, 2.24) is 0 Å². The highest BCUT2D eigenvalue weighted by Gasteiger charge is 2.63. The lowest BCUT2D eigenvalue weighted by Crippen LogP contribution is -2.55. The van der Waals surface area contributed by atoms with Gasteiger partial charge in [-0.1, -0.05) is 54.1 Å². The number of methoxy groups -OCH3 is 1. The van der Waals surface area contributed by atoms with Crippen LogP contribution in [0, 0.1) is 5.41 Å². The first kappa shape index (κ1) is 20.8. The van der Waals surface area contributed by atoms with Crippen LogP contribution in [0.15, 0.2) is 82.0 Å². The molecule has 0 radical (unpaired) electrons. The van der Waals surface area contributed by atoms with E-state index in [1.807, 2.05) is 48.5 Å². The van der Waals surface area contributed by atoms with Gasteiger partial charge in [-0.3, -0.25) is 4.79 Å². The van der Waals surface area contributed by atoms with Crippen molar-refractivity contribution in [3.63, 3.8) is 0 Å². The molecule has 0 amide bonds. The van der Waals surface area contributed by atoms with Crippen molar-refractivity contribution in [2.45, 2.75) is 12.0 Å². The number of halogens is 1. The number of benzene rings is 3. The van der Waals surface area contributed by atoms with Gasteiger partial charge in [0, 0.05) is 16.5 Å². The Kier molecular flexibility index (Phi) is 4.67. The molecule has 6 nitrogen and oxygen atoms in total. The fourth-order valence-corrected chi connectivity index (χ4v) is 5.39. The van der Waals surface area contributed by atoms with E-state index in [-0.39, 0.29) is 12.2 Å². The highest BCUT2D eigenvalue weighted by Crippen LogP contribution is 2.61. The number of hydrogen-bond donors (Lipinski definition) is 0. The quantitative estimate of drug-likeness (QED) is 0.291. The van der Waals surface area contributed by atoms with E-state index in [9.17, 15) is 9.59 Å². The first-order valence-electron chi connectivity index (χ1n) is 10.8. The second-order valence-corrected chi connectivity index (χ2v) is 8.91. The van der Waals surface area contributed by atoms with Crippen LogP contribution >= 0.6 is 11.6 Å². The van der Waals surface area contributed by atoms with Crippen LogP contribution in [0.3, 0.4) is 0 Å². The zero-order chi connectivity index (χ0) is 23.4. The molecule has 1 aromatic heterocycles. The first-order chi connectivity index (χ1) is 16.5. The van der Waals surface area contributed by atoms with Crippen molar-refractivity contribution in [2.24, 2.45) is 5.41 Å². The molecule has 0 saturated heterocycles. The van der Waals surface area contributed by atoms with Gasteiger partial charge in [-0.25, -0.2) is 4.79 Å². The molecule has 2 aliphatic heterocycles. The minimum absolute atomic E-state index is 0.0413. The minimum atomic E-state index is -1.37. The Balaban J connectivity index is 1.74. The molecule has 34 heavy (non-hydrogen) atoms. The lowest BCUT2D eigenvalue weighted by atomic mass is 9.61. The number of hydrogen-bond acceptors (Lipinski definition) is 6. The van der Waals surface area contributed by atoms with Crippen molar-refractivity contribution in [1.29, 1.82) is 0 Å². The summed E-state index contributed by atoms with van der Waals surface area (Å²) in [4.78, 5) is 27.1. The summed E-state index contributed by atoms with van der Waals surface area (Å²) in [6.07, 6.45) is -0.812. The Bertz CT molecular complexity index is 1490. The molecule has 2 aliphatic rings. The van der Waals surface area contributed by atoms with Crippen LogP contribution in [-0.2, 0) is 9.53 Å². The topological polar surface area (TPSA) is 75.0 Å². The van der Waals surface area contributed by atoms with Crippen LogP contribution in [-0.4, -0.2) is 19.7 Å². The third kappa shape index (κ3) is 2.82. The van der Waals surface area contributed by atoms with Gasteiger partial charge in [-0.05, 0) is 35.9 Å². The molecule has 0 fully saturated rings. The smallest absolute Gasteiger partial charge is 0.343 e. The highest BCUT2D eigenvalue weighted by atomic mass is 35.5. The standard InChI is InChI=1S/C27H19ClO6/c1-31-26(30)27-14-32-19-8-4-2-6-17(19)22(27)21-23(18-7-3-5-9-20(18)33-25(21)29)34-24(27)15-10-12-16(28)13-11-15/h2-13,22,24H,14H2,1H3/t22-,24-,27+/m1/s1. The molecule has 6 rings (SSSR count). The van der Waals surface area contributed by atoms with Crippen molar-refractivity contribution < 1.29 is 23.4 Å². The fraction of sp³-hybridized carbons (Fsp3) is 0.185. The van der Waals surface area contributed by atoms with E-state index in [2.05, 4.69) is 0 Å². The van der Waals surface area contributed by atoms with Crippen LogP contribution in [0.2, 0.25) is 5.02 Å². The highest BCUT2D eigenvalue weighted by molar-refractivity contribution is 6.30. The normalized spacial score (nSPS) is 22.5. The van der Waals surface area contributed by atoms with Gasteiger partial charge in [-0.2, -0.15) is 0 Å². The fourth-order valence-electron chi connectivity index (χ4n) is 5.26. The van der Waals surface area contributed by atoms with Gasteiger partial charge >= 0.3 is 11.6 Å². The maximum absolute atomic E-state index is 13.6. The number of carbonyl (C=O) groups is 1. The zero-order valence-corrected chi connectivity index (χ0v) is 18.9. The molecule has 0 aliphatic carbocycles. The van der Waals surface area contributed by atoms with E-state index in [1.165, 1.54) is 7.11 Å². The number of carbonyl (C=O) groups excluding carboxylic acids is 1. The number of para-hydroxylation sites is 2. The largest absolute Gasteiger partial charge is 0.492 e. The summed E-state index contributed by atoms with van der Waals surface area (Å²) >= 11 is 6.15. The predicted octanol–water partition coefficient (Wildman–Crippen LogP) is 5.26. The molecule has 4 aromatic rings. The van der Waals surface area contributed by atoms with Crippen LogP contribution in [0.1, 0.15) is 28.7 Å². The number of rotatable bonds is 2. The van der Waals surface area contributed by atoms with Crippen LogP contribution in [0.5, 0.6) is 11.5 Å². The van der Waals surface area contributed by atoms with Crippen LogP contribution in [0.25, 0.3) is 11.0 Å². The predicted molar refractivity (Wildman–Crippen MR) is 126 cm³/mol. The molecule has 0 bridgehead atoms. The van der Waals surface area contributed by atoms with Gasteiger partial charge in [0.05, 0.1) is 18.1 Å². The Morgan fingerprint density at radius 2 is 1.76 bits per heavy atom. The Labute approximate surface area is 199 Å². The lowest BCUT2D eigenvalue weighted by Gasteiger charge is -2.49. The lowest BCUT2D eigenvalue weighted by molar-refractivity contribution is -0.168. The first-order valence-corrected chi connectivity index (χ1v) is 11.2. The van der Waals surface area contributed by atoms with E-state index in [0.717, 1.165) is 0 Å². The van der Waals surface area contributed by atoms with Crippen molar-refractivity contribution in [2.75, 3.05) is 13.7 Å². The number of esters is 1. The zero-order valence-electron chi connectivity index (χ0n) is 18.1. The van der Waals surface area contributed by atoms with Crippen molar-refractivity contribution in [3.8, 4) is 11.5 Å². The van der Waals surface area contributed by atoms with Crippen molar-refractivity contribution >= 4 is 28.5 Å². The third-order valence-corrected chi connectivity index (χ3v) is 6.99. The molecule has 170 valence electrons. The van der Waals surface area contributed by atoms with Gasteiger partial charge in [0.25, 0.3) is 0 Å². The monoisotopic (exact) mass is 474 g/mol. The van der Waals surface area contributed by atoms with E-state index in [0.29, 0.717) is 38.6 Å². The second-order valence-electron chi connectivity index (χ2n) is 8.47. The maximum Gasteiger partial charge on any atom is 0.343 e. The molecular weight excluding hydrogens is 456 g/mol. The molecule has 0 spiro atoms. The molecule has 7 heteroatoms. The summed E-state index contributed by atoms with van der Waals surface area (Å²) in [6.45, 7) is -0.0413. The van der Waals surface area contributed by atoms with Gasteiger partial charge in [0.1, 0.15) is 29.8 Å². The number of ether oxygens (including phenoxy) is 3. The van der Waals surface area contributed by atoms with Gasteiger partial charge in [0.15, 0.2) is 5.41 Å². The van der Waals surface area contributed by atoms with Crippen molar-refractivity contribution in [3.05, 3.63) is 105 Å². The molecule has 3 aromatic carbocycles. The van der Waals surface area contributed by atoms with E-state index < -0.39 is 29.0 Å². The summed E-state index contributed by atoms with van der Waals surface area (Å²) in [5.74, 6) is -0.254. The van der Waals surface area contributed by atoms with E-state index in [4.69, 9.17) is 30.2 Å². The van der Waals surface area contributed by atoms with E-state index >= 15 is 0 Å². The molecule has 0 N–H and O–H groups in total. The Morgan fingerprint density at radius 1 is 1.03 bits per heavy atom. The average molecular weight is 475 g/mol. The van der Waals surface area contributed by atoms with Gasteiger partial charge < -0.3 is 18.6 Å². The summed E-state index contributed by atoms with van der Waals surface area (Å²) in [5.41, 5.74) is 0.174. The Hall–Kier alpha value is -3.77. The summed E-state index contributed by atoms with van der Waals surface area (Å²) < 4.78 is 23.7. The molecule has 0 saturated carbocycles. The van der Waals surface area contributed by atoms with E-state index in [1.54, 1.807) is 24.3 Å². The Morgan fingerprint density at radius 3 is 2.56 bits per heavy atom. The maximum atomic E-state index is 13.6.